The lowest BCUT2D eigenvalue weighted by Crippen LogP contribution is -2.23. The topological polar surface area (TPSA) is 38.5 Å². The Morgan fingerprint density at radius 3 is 2.62 bits per heavy atom. The molecule has 0 radical (unpaired) electrons. The van der Waals surface area contributed by atoms with Crippen LogP contribution in [0.15, 0.2) is 48.5 Å². The van der Waals surface area contributed by atoms with Crippen molar-refractivity contribution in [3.8, 4) is 5.75 Å². The molecule has 1 fully saturated rings. The van der Waals surface area contributed by atoms with E-state index in [0.29, 0.717) is 30.7 Å². The summed E-state index contributed by atoms with van der Waals surface area (Å²) in [7, 11) is 0. The number of rotatable bonds is 6. The van der Waals surface area contributed by atoms with Gasteiger partial charge in [-0.05, 0) is 42.6 Å². The van der Waals surface area contributed by atoms with E-state index in [2.05, 4.69) is 29.2 Å². The summed E-state index contributed by atoms with van der Waals surface area (Å²) >= 11 is 0. The SMILES string of the molecule is CCOc1ccc(CN2C[C@@H](CN)[C@H](c3ccccc3)C2)cc1F. The van der Waals surface area contributed by atoms with E-state index in [9.17, 15) is 4.39 Å². The van der Waals surface area contributed by atoms with E-state index in [-0.39, 0.29) is 5.82 Å². The predicted molar refractivity (Wildman–Crippen MR) is 94.6 cm³/mol. The number of hydrogen-bond acceptors (Lipinski definition) is 3. The highest BCUT2D eigenvalue weighted by Gasteiger charge is 2.32. The number of nitrogens with two attached hydrogens (primary N) is 1. The summed E-state index contributed by atoms with van der Waals surface area (Å²) in [4.78, 5) is 2.37. The van der Waals surface area contributed by atoms with Crippen molar-refractivity contribution in [1.29, 1.82) is 0 Å². The molecule has 3 nitrogen and oxygen atoms in total. The minimum absolute atomic E-state index is 0.288. The molecule has 1 heterocycles. The Morgan fingerprint density at radius 1 is 1.17 bits per heavy atom. The van der Waals surface area contributed by atoms with E-state index < -0.39 is 0 Å². The zero-order valence-corrected chi connectivity index (χ0v) is 14.1. The second-order valence-corrected chi connectivity index (χ2v) is 6.40. The maximum absolute atomic E-state index is 14.0. The fourth-order valence-electron chi connectivity index (χ4n) is 3.58. The van der Waals surface area contributed by atoms with Gasteiger partial charge in [0.1, 0.15) is 0 Å². The summed E-state index contributed by atoms with van der Waals surface area (Å²) in [5, 5.41) is 0. The number of halogens is 1. The fraction of sp³-hybridized carbons (Fsp3) is 0.400. The van der Waals surface area contributed by atoms with Crippen LogP contribution in [-0.2, 0) is 6.54 Å². The summed E-state index contributed by atoms with van der Waals surface area (Å²) in [6.45, 7) is 5.65. The van der Waals surface area contributed by atoms with Crippen LogP contribution in [0.25, 0.3) is 0 Å². The average Bonchev–Trinajstić information content (AvgIpc) is 3.01. The summed E-state index contributed by atoms with van der Waals surface area (Å²) in [6, 6.07) is 15.8. The molecule has 0 unspecified atom stereocenters. The standard InChI is InChI=1S/C20H25FN2O/c1-2-24-20-9-8-15(10-19(20)21)12-23-13-17(11-22)18(14-23)16-6-4-3-5-7-16/h3-10,17-18H,2,11-14,22H2,1H3/t17-,18+/m1/s1. The van der Waals surface area contributed by atoms with Gasteiger partial charge >= 0.3 is 0 Å². The molecule has 1 aliphatic heterocycles. The van der Waals surface area contributed by atoms with Crippen molar-refractivity contribution < 1.29 is 9.13 Å². The minimum Gasteiger partial charge on any atom is -0.491 e. The molecule has 3 rings (SSSR count). The predicted octanol–water partition coefficient (Wildman–Crippen LogP) is 3.40. The van der Waals surface area contributed by atoms with Crippen LogP contribution in [0.5, 0.6) is 5.75 Å². The van der Waals surface area contributed by atoms with Crippen LogP contribution in [0.1, 0.15) is 24.0 Å². The van der Waals surface area contributed by atoms with Crippen molar-refractivity contribution in [1.82, 2.24) is 4.90 Å². The third-order valence-corrected chi connectivity index (χ3v) is 4.75. The molecular weight excluding hydrogens is 303 g/mol. The van der Waals surface area contributed by atoms with E-state index in [1.807, 2.05) is 19.1 Å². The summed E-state index contributed by atoms with van der Waals surface area (Å²) in [5.41, 5.74) is 8.30. The quantitative estimate of drug-likeness (QED) is 0.883. The third-order valence-electron chi connectivity index (χ3n) is 4.75. The minimum atomic E-state index is -0.288. The summed E-state index contributed by atoms with van der Waals surface area (Å²) in [5.74, 6) is 0.928. The van der Waals surface area contributed by atoms with Crippen molar-refractivity contribution in [2.24, 2.45) is 11.7 Å². The molecule has 2 atom stereocenters. The van der Waals surface area contributed by atoms with Crippen LogP contribution in [0.2, 0.25) is 0 Å². The van der Waals surface area contributed by atoms with E-state index in [0.717, 1.165) is 25.2 Å². The molecule has 2 aromatic carbocycles. The van der Waals surface area contributed by atoms with Gasteiger partial charge < -0.3 is 10.5 Å². The van der Waals surface area contributed by atoms with Gasteiger partial charge in [0.25, 0.3) is 0 Å². The molecule has 0 saturated carbocycles. The zero-order chi connectivity index (χ0) is 16.9. The first-order valence-electron chi connectivity index (χ1n) is 8.59. The van der Waals surface area contributed by atoms with Gasteiger partial charge in [-0.1, -0.05) is 36.4 Å². The Kier molecular flexibility index (Phi) is 5.48. The maximum Gasteiger partial charge on any atom is 0.165 e. The molecule has 1 aliphatic rings. The number of ether oxygens (including phenoxy) is 1. The molecule has 4 heteroatoms. The Labute approximate surface area is 143 Å². The molecule has 0 aromatic heterocycles. The van der Waals surface area contributed by atoms with Gasteiger partial charge in [0.15, 0.2) is 11.6 Å². The van der Waals surface area contributed by atoms with Gasteiger partial charge in [-0.25, -0.2) is 4.39 Å². The number of likely N-dealkylation sites (tertiary alicyclic amines) is 1. The lowest BCUT2D eigenvalue weighted by molar-refractivity contribution is 0.311. The molecule has 2 aromatic rings. The van der Waals surface area contributed by atoms with Crippen molar-refractivity contribution in [2.75, 3.05) is 26.2 Å². The average molecular weight is 328 g/mol. The van der Waals surface area contributed by atoms with E-state index >= 15 is 0 Å². The first-order valence-corrected chi connectivity index (χ1v) is 8.59. The molecule has 0 amide bonds. The van der Waals surface area contributed by atoms with E-state index in [1.165, 1.54) is 5.56 Å². The molecule has 0 spiro atoms. The highest BCUT2D eigenvalue weighted by Crippen LogP contribution is 2.33. The van der Waals surface area contributed by atoms with Crippen LogP contribution in [0.4, 0.5) is 4.39 Å². The Hall–Kier alpha value is -1.91. The number of nitrogens with zero attached hydrogens (tertiary/aromatic N) is 1. The summed E-state index contributed by atoms with van der Waals surface area (Å²) in [6.07, 6.45) is 0. The van der Waals surface area contributed by atoms with Crippen LogP contribution < -0.4 is 10.5 Å². The molecule has 2 N–H and O–H groups in total. The second kappa shape index (κ2) is 7.77. The number of hydrogen-bond donors (Lipinski definition) is 1. The molecular formula is C20H25FN2O. The van der Waals surface area contributed by atoms with Gasteiger partial charge in [0.2, 0.25) is 0 Å². The number of benzene rings is 2. The van der Waals surface area contributed by atoms with Crippen molar-refractivity contribution >= 4 is 0 Å². The zero-order valence-electron chi connectivity index (χ0n) is 14.1. The van der Waals surface area contributed by atoms with Crippen molar-refractivity contribution in [3.05, 3.63) is 65.5 Å². The van der Waals surface area contributed by atoms with Gasteiger partial charge in [-0.3, -0.25) is 4.90 Å². The van der Waals surface area contributed by atoms with Crippen LogP contribution >= 0.6 is 0 Å². The van der Waals surface area contributed by atoms with Gasteiger partial charge in [-0.15, -0.1) is 0 Å². The van der Waals surface area contributed by atoms with Gasteiger partial charge in [0, 0.05) is 25.6 Å². The lowest BCUT2D eigenvalue weighted by atomic mass is 9.89. The smallest absolute Gasteiger partial charge is 0.165 e. The third kappa shape index (κ3) is 3.77. The van der Waals surface area contributed by atoms with E-state index in [1.54, 1.807) is 12.1 Å². The molecule has 128 valence electrons. The fourth-order valence-corrected chi connectivity index (χ4v) is 3.58. The summed E-state index contributed by atoms with van der Waals surface area (Å²) < 4.78 is 19.3. The van der Waals surface area contributed by atoms with Crippen LogP contribution in [-0.4, -0.2) is 31.1 Å². The molecule has 0 bridgehead atoms. The largest absolute Gasteiger partial charge is 0.491 e. The van der Waals surface area contributed by atoms with Crippen molar-refractivity contribution in [3.63, 3.8) is 0 Å². The monoisotopic (exact) mass is 328 g/mol. The van der Waals surface area contributed by atoms with Crippen LogP contribution in [0, 0.1) is 11.7 Å². The normalized spacial score (nSPS) is 21.1. The van der Waals surface area contributed by atoms with Gasteiger partial charge in [0.05, 0.1) is 6.61 Å². The maximum atomic E-state index is 14.0. The lowest BCUT2D eigenvalue weighted by Gasteiger charge is -2.17. The molecule has 24 heavy (non-hydrogen) atoms. The molecule has 1 saturated heterocycles. The first kappa shape index (κ1) is 16.9. The first-order chi connectivity index (χ1) is 11.7. The van der Waals surface area contributed by atoms with Crippen LogP contribution in [0.3, 0.4) is 0 Å². The molecule has 0 aliphatic carbocycles. The Bertz CT molecular complexity index is 662. The second-order valence-electron chi connectivity index (χ2n) is 6.40. The Morgan fingerprint density at radius 2 is 1.96 bits per heavy atom. The van der Waals surface area contributed by atoms with Gasteiger partial charge in [-0.2, -0.15) is 0 Å². The van der Waals surface area contributed by atoms with Crippen molar-refractivity contribution in [2.45, 2.75) is 19.4 Å². The van der Waals surface area contributed by atoms with E-state index in [4.69, 9.17) is 10.5 Å². The Balaban J connectivity index is 1.69. The highest BCUT2D eigenvalue weighted by molar-refractivity contribution is 5.30. The highest BCUT2D eigenvalue weighted by atomic mass is 19.1.